The summed E-state index contributed by atoms with van der Waals surface area (Å²) in [4.78, 5) is 0.901. The van der Waals surface area contributed by atoms with E-state index in [1.54, 1.807) is 0 Å². The zero-order chi connectivity index (χ0) is 12.5. The lowest BCUT2D eigenvalue weighted by Crippen LogP contribution is -2.22. The van der Waals surface area contributed by atoms with E-state index < -0.39 is 10.0 Å². The van der Waals surface area contributed by atoms with Gasteiger partial charge in [-0.05, 0) is 22.0 Å². The molecule has 0 aliphatic heterocycles. The van der Waals surface area contributed by atoms with Gasteiger partial charge in [0.05, 0.1) is 0 Å². The summed E-state index contributed by atoms with van der Waals surface area (Å²) in [6.45, 7) is 0.220. The van der Waals surface area contributed by atoms with E-state index in [1.165, 1.54) is 11.3 Å². The summed E-state index contributed by atoms with van der Waals surface area (Å²) in [5.74, 6) is 0. The first-order valence-corrected chi connectivity index (χ1v) is 8.26. The summed E-state index contributed by atoms with van der Waals surface area (Å²) < 4.78 is 26.8. The van der Waals surface area contributed by atoms with Crippen LogP contribution in [0.1, 0.15) is 4.88 Å². The minimum Gasteiger partial charge on any atom is -0.374 e. The SMILES string of the molecule is Nc1nnc(S(=O)(=O)NCc2cc(Br)cs2)s1. The van der Waals surface area contributed by atoms with Crippen LogP contribution in [-0.2, 0) is 16.6 Å². The molecule has 0 atom stereocenters. The number of thiophene rings is 1. The number of halogens is 1. The van der Waals surface area contributed by atoms with E-state index in [2.05, 4.69) is 30.8 Å². The Hall–Kier alpha value is -0.550. The van der Waals surface area contributed by atoms with Crippen molar-refractivity contribution in [2.45, 2.75) is 10.9 Å². The Morgan fingerprint density at radius 3 is 2.76 bits per heavy atom. The third-order valence-electron chi connectivity index (χ3n) is 1.71. The number of nitrogens with two attached hydrogens (primary N) is 1. The Kier molecular flexibility index (Phi) is 3.78. The molecule has 0 aromatic carbocycles. The lowest BCUT2D eigenvalue weighted by atomic mass is 10.5. The molecule has 0 bridgehead atoms. The van der Waals surface area contributed by atoms with E-state index in [4.69, 9.17) is 5.73 Å². The molecule has 0 radical (unpaired) electrons. The molecular formula is C7H7BrN4O2S3. The van der Waals surface area contributed by atoms with E-state index >= 15 is 0 Å². The fraction of sp³-hybridized carbons (Fsp3) is 0.143. The maximum atomic E-state index is 11.8. The molecule has 2 rings (SSSR count). The molecule has 3 N–H and O–H groups in total. The summed E-state index contributed by atoms with van der Waals surface area (Å²) in [7, 11) is -3.62. The van der Waals surface area contributed by atoms with Crippen molar-refractivity contribution in [1.29, 1.82) is 0 Å². The van der Waals surface area contributed by atoms with Crippen LogP contribution in [0.4, 0.5) is 5.13 Å². The average Bonchev–Trinajstić information content (AvgIpc) is 2.85. The third-order valence-corrected chi connectivity index (χ3v) is 5.93. The number of hydrogen-bond acceptors (Lipinski definition) is 7. The number of nitrogen functional groups attached to an aromatic ring is 1. The van der Waals surface area contributed by atoms with E-state index in [0.717, 1.165) is 20.7 Å². The Morgan fingerprint density at radius 2 is 2.24 bits per heavy atom. The van der Waals surface area contributed by atoms with Crippen LogP contribution in [0, 0.1) is 0 Å². The lowest BCUT2D eigenvalue weighted by molar-refractivity contribution is 0.580. The average molecular weight is 355 g/mol. The van der Waals surface area contributed by atoms with Crippen LogP contribution in [-0.4, -0.2) is 18.6 Å². The molecule has 0 amide bonds. The summed E-state index contributed by atoms with van der Waals surface area (Å²) in [5.41, 5.74) is 5.33. The molecule has 17 heavy (non-hydrogen) atoms. The topological polar surface area (TPSA) is 98.0 Å². The van der Waals surface area contributed by atoms with E-state index in [0.29, 0.717) is 0 Å². The molecule has 10 heteroatoms. The van der Waals surface area contributed by atoms with Gasteiger partial charge in [0.25, 0.3) is 10.0 Å². The molecule has 0 spiro atoms. The molecular weight excluding hydrogens is 348 g/mol. The largest absolute Gasteiger partial charge is 0.374 e. The highest BCUT2D eigenvalue weighted by molar-refractivity contribution is 9.10. The zero-order valence-corrected chi connectivity index (χ0v) is 12.3. The van der Waals surface area contributed by atoms with Gasteiger partial charge in [-0.3, -0.25) is 0 Å². The van der Waals surface area contributed by atoms with Gasteiger partial charge in [-0.25, -0.2) is 13.1 Å². The van der Waals surface area contributed by atoms with Crippen LogP contribution in [0.3, 0.4) is 0 Å². The van der Waals surface area contributed by atoms with Gasteiger partial charge in [0.15, 0.2) is 0 Å². The normalized spacial score (nSPS) is 11.8. The number of sulfonamides is 1. The van der Waals surface area contributed by atoms with Crippen LogP contribution in [0.5, 0.6) is 0 Å². The first-order chi connectivity index (χ1) is 7.97. The quantitative estimate of drug-likeness (QED) is 0.865. The second-order valence-electron chi connectivity index (χ2n) is 2.96. The van der Waals surface area contributed by atoms with Gasteiger partial charge in [0.2, 0.25) is 9.47 Å². The lowest BCUT2D eigenvalue weighted by Gasteiger charge is -2.00. The van der Waals surface area contributed by atoms with E-state index in [-0.39, 0.29) is 16.0 Å². The maximum absolute atomic E-state index is 11.8. The van der Waals surface area contributed by atoms with Gasteiger partial charge >= 0.3 is 0 Å². The van der Waals surface area contributed by atoms with Crippen molar-refractivity contribution in [3.63, 3.8) is 0 Å². The second kappa shape index (κ2) is 4.98. The molecule has 0 saturated carbocycles. The molecule has 2 heterocycles. The molecule has 0 saturated heterocycles. The van der Waals surface area contributed by atoms with Crippen molar-refractivity contribution < 1.29 is 8.42 Å². The summed E-state index contributed by atoms with van der Waals surface area (Å²) in [6.07, 6.45) is 0. The zero-order valence-electron chi connectivity index (χ0n) is 8.25. The number of nitrogens with one attached hydrogen (secondary N) is 1. The van der Waals surface area contributed by atoms with Crippen molar-refractivity contribution in [3.05, 3.63) is 20.8 Å². The van der Waals surface area contributed by atoms with Gasteiger partial charge in [0, 0.05) is 21.3 Å². The first-order valence-electron chi connectivity index (χ1n) is 4.29. The van der Waals surface area contributed by atoms with Gasteiger partial charge in [-0.2, -0.15) is 0 Å². The Balaban J connectivity index is 2.08. The molecule has 0 aliphatic rings. The van der Waals surface area contributed by atoms with Gasteiger partial charge in [-0.15, -0.1) is 21.5 Å². The maximum Gasteiger partial charge on any atom is 0.270 e. The van der Waals surface area contributed by atoms with Crippen LogP contribution in [0.2, 0.25) is 0 Å². The summed E-state index contributed by atoms with van der Waals surface area (Å²) in [6, 6.07) is 1.85. The molecule has 0 aliphatic carbocycles. The molecule has 6 nitrogen and oxygen atoms in total. The van der Waals surface area contributed by atoms with E-state index in [9.17, 15) is 8.42 Å². The van der Waals surface area contributed by atoms with Crippen molar-refractivity contribution in [1.82, 2.24) is 14.9 Å². The Bertz CT molecular complexity index is 621. The highest BCUT2D eigenvalue weighted by atomic mass is 79.9. The van der Waals surface area contributed by atoms with Crippen molar-refractivity contribution >= 4 is 53.8 Å². The second-order valence-corrected chi connectivity index (χ2v) is 7.82. The minimum absolute atomic E-state index is 0.120. The Morgan fingerprint density at radius 1 is 1.47 bits per heavy atom. The standard InChI is InChI=1S/C7H7BrN4O2S3/c8-4-1-5(15-3-4)2-10-17(13,14)7-12-11-6(9)16-7/h1,3,10H,2H2,(H2,9,11). The molecule has 92 valence electrons. The molecule has 0 unspecified atom stereocenters. The van der Waals surface area contributed by atoms with Crippen molar-refractivity contribution in [2.24, 2.45) is 0 Å². The van der Waals surface area contributed by atoms with E-state index in [1.807, 2.05) is 11.4 Å². The predicted octanol–water partition coefficient (Wildman–Crippen LogP) is 1.42. The summed E-state index contributed by atoms with van der Waals surface area (Å²) in [5, 5.41) is 8.97. The number of hydrogen-bond donors (Lipinski definition) is 2. The van der Waals surface area contributed by atoms with Gasteiger partial charge in [-0.1, -0.05) is 11.3 Å². The van der Waals surface area contributed by atoms with Gasteiger partial charge in [0.1, 0.15) is 0 Å². The molecule has 2 aromatic heterocycles. The number of rotatable bonds is 4. The Labute approximate surface area is 114 Å². The van der Waals surface area contributed by atoms with Crippen molar-refractivity contribution in [2.75, 3.05) is 5.73 Å². The van der Waals surface area contributed by atoms with Gasteiger partial charge < -0.3 is 5.73 Å². The summed E-state index contributed by atoms with van der Waals surface area (Å²) >= 11 is 5.59. The minimum atomic E-state index is -3.62. The third kappa shape index (κ3) is 3.22. The fourth-order valence-corrected chi connectivity index (χ4v) is 4.32. The van der Waals surface area contributed by atoms with Crippen LogP contribution >= 0.6 is 38.6 Å². The predicted molar refractivity (Wildman–Crippen MR) is 70.4 cm³/mol. The molecule has 2 aromatic rings. The van der Waals surface area contributed by atoms with Crippen LogP contribution < -0.4 is 10.5 Å². The smallest absolute Gasteiger partial charge is 0.270 e. The van der Waals surface area contributed by atoms with Crippen LogP contribution in [0.25, 0.3) is 0 Å². The number of nitrogens with zero attached hydrogens (tertiary/aromatic N) is 2. The fourth-order valence-electron chi connectivity index (χ4n) is 1.00. The number of aromatic nitrogens is 2. The van der Waals surface area contributed by atoms with Crippen molar-refractivity contribution in [3.8, 4) is 0 Å². The number of anilines is 1. The monoisotopic (exact) mass is 354 g/mol. The highest BCUT2D eigenvalue weighted by Crippen LogP contribution is 2.21. The molecule has 0 fully saturated rings. The highest BCUT2D eigenvalue weighted by Gasteiger charge is 2.19. The first kappa shape index (κ1) is 12.9. The van der Waals surface area contributed by atoms with Crippen LogP contribution in [0.15, 0.2) is 20.3 Å².